The van der Waals surface area contributed by atoms with E-state index in [1.165, 1.54) is 6.92 Å². The van der Waals surface area contributed by atoms with E-state index in [1.807, 2.05) is 6.92 Å². The standard InChI is InChI=1S/C12H18N2O3/c1-3-17-10-6-4-9(5-7-10)14-12(16)11(13)8(2)15/h4-8,11,15H,3,13H2,1-2H3,(H,14,16)/t8-,11+/m1/s1. The van der Waals surface area contributed by atoms with Crippen molar-refractivity contribution in [1.29, 1.82) is 0 Å². The van der Waals surface area contributed by atoms with Crippen LogP contribution in [0.2, 0.25) is 0 Å². The molecule has 0 aliphatic heterocycles. The molecule has 0 heterocycles. The fraction of sp³-hybridized carbons (Fsp3) is 0.417. The highest BCUT2D eigenvalue weighted by Gasteiger charge is 2.18. The van der Waals surface area contributed by atoms with Gasteiger partial charge >= 0.3 is 0 Å². The third kappa shape index (κ3) is 4.05. The van der Waals surface area contributed by atoms with E-state index in [4.69, 9.17) is 10.5 Å². The molecule has 0 fully saturated rings. The molecule has 5 heteroatoms. The summed E-state index contributed by atoms with van der Waals surface area (Å²) in [6.45, 7) is 3.97. The molecule has 2 atom stereocenters. The summed E-state index contributed by atoms with van der Waals surface area (Å²) in [5.41, 5.74) is 6.12. The van der Waals surface area contributed by atoms with Gasteiger partial charge in [0.2, 0.25) is 5.91 Å². The average molecular weight is 238 g/mol. The Bertz CT molecular complexity index is 363. The lowest BCUT2D eigenvalue weighted by molar-refractivity contribution is -0.119. The third-order valence-electron chi connectivity index (χ3n) is 2.26. The van der Waals surface area contributed by atoms with Crippen molar-refractivity contribution in [3.63, 3.8) is 0 Å². The van der Waals surface area contributed by atoms with Gasteiger partial charge in [-0.25, -0.2) is 0 Å². The number of anilines is 1. The zero-order valence-electron chi connectivity index (χ0n) is 10.0. The predicted molar refractivity (Wildman–Crippen MR) is 65.9 cm³/mol. The first-order valence-electron chi connectivity index (χ1n) is 5.52. The van der Waals surface area contributed by atoms with E-state index in [0.29, 0.717) is 12.3 Å². The van der Waals surface area contributed by atoms with Crippen molar-refractivity contribution in [2.45, 2.75) is 26.0 Å². The molecular formula is C12H18N2O3. The zero-order chi connectivity index (χ0) is 12.8. The van der Waals surface area contributed by atoms with Crippen LogP contribution in [0.15, 0.2) is 24.3 Å². The van der Waals surface area contributed by atoms with E-state index in [2.05, 4.69) is 5.32 Å². The molecule has 0 bridgehead atoms. The topological polar surface area (TPSA) is 84.6 Å². The molecule has 17 heavy (non-hydrogen) atoms. The highest BCUT2D eigenvalue weighted by Crippen LogP contribution is 2.15. The largest absolute Gasteiger partial charge is 0.494 e. The first-order valence-corrected chi connectivity index (χ1v) is 5.52. The minimum absolute atomic E-state index is 0.413. The molecule has 0 aromatic heterocycles. The van der Waals surface area contributed by atoms with Crippen molar-refractivity contribution in [3.8, 4) is 5.75 Å². The zero-order valence-corrected chi connectivity index (χ0v) is 10.0. The lowest BCUT2D eigenvalue weighted by atomic mass is 10.2. The average Bonchev–Trinajstić information content (AvgIpc) is 2.30. The lowest BCUT2D eigenvalue weighted by Crippen LogP contribution is -2.43. The molecule has 4 N–H and O–H groups in total. The van der Waals surface area contributed by atoms with Crippen molar-refractivity contribution in [1.82, 2.24) is 0 Å². The van der Waals surface area contributed by atoms with Gasteiger partial charge < -0.3 is 20.9 Å². The lowest BCUT2D eigenvalue weighted by Gasteiger charge is -2.14. The summed E-state index contributed by atoms with van der Waals surface area (Å²) in [6.07, 6.45) is -0.877. The van der Waals surface area contributed by atoms with Gasteiger partial charge in [-0.05, 0) is 38.1 Å². The Hall–Kier alpha value is -1.59. The molecule has 0 aliphatic rings. The summed E-state index contributed by atoms with van der Waals surface area (Å²) in [5.74, 6) is 0.328. The number of rotatable bonds is 5. The Kier molecular flexibility index (Phi) is 4.93. The van der Waals surface area contributed by atoms with Crippen LogP contribution in [-0.4, -0.2) is 29.8 Å². The van der Waals surface area contributed by atoms with Gasteiger partial charge in [-0.2, -0.15) is 0 Å². The number of aliphatic hydroxyl groups excluding tert-OH is 1. The summed E-state index contributed by atoms with van der Waals surface area (Å²) in [7, 11) is 0. The molecule has 0 saturated heterocycles. The van der Waals surface area contributed by atoms with Crippen LogP contribution in [0.4, 0.5) is 5.69 Å². The van der Waals surface area contributed by atoms with Crippen molar-refractivity contribution in [2.24, 2.45) is 5.73 Å². The number of nitrogens with one attached hydrogen (secondary N) is 1. The molecule has 1 aromatic carbocycles. The van der Waals surface area contributed by atoms with Gasteiger partial charge in [0, 0.05) is 5.69 Å². The third-order valence-corrected chi connectivity index (χ3v) is 2.26. The summed E-state index contributed by atoms with van der Waals surface area (Å²) in [5, 5.41) is 11.8. The molecule has 1 rings (SSSR count). The summed E-state index contributed by atoms with van der Waals surface area (Å²) in [6, 6.07) is 6.02. The van der Waals surface area contributed by atoms with E-state index < -0.39 is 18.1 Å². The Morgan fingerprint density at radius 3 is 2.53 bits per heavy atom. The predicted octanol–water partition coefficient (Wildman–Crippen LogP) is 0.732. The van der Waals surface area contributed by atoms with Gasteiger partial charge in [-0.3, -0.25) is 4.79 Å². The maximum Gasteiger partial charge on any atom is 0.243 e. The van der Waals surface area contributed by atoms with Gasteiger partial charge in [-0.1, -0.05) is 0 Å². The SMILES string of the molecule is CCOc1ccc(NC(=O)[C@@H](N)[C@@H](C)O)cc1. The molecule has 0 aliphatic carbocycles. The van der Waals surface area contributed by atoms with Crippen LogP contribution in [-0.2, 0) is 4.79 Å². The van der Waals surface area contributed by atoms with Crippen LogP contribution < -0.4 is 15.8 Å². The number of hydrogen-bond acceptors (Lipinski definition) is 4. The number of nitrogens with two attached hydrogens (primary N) is 1. The van der Waals surface area contributed by atoms with Crippen LogP contribution in [0.3, 0.4) is 0 Å². The van der Waals surface area contributed by atoms with E-state index in [0.717, 1.165) is 5.75 Å². The number of carbonyl (C=O) groups excluding carboxylic acids is 1. The monoisotopic (exact) mass is 238 g/mol. The Morgan fingerprint density at radius 2 is 2.06 bits per heavy atom. The van der Waals surface area contributed by atoms with Crippen molar-refractivity contribution in [2.75, 3.05) is 11.9 Å². The van der Waals surface area contributed by atoms with Crippen LogP contribution in [0.1, 0.15) is 13.8 Å². The fourth-order valence-corrected chi connectivity index (χ4v) is 1.25. The number of aliphatic hydroxyl groups is 1. The highest BCUT2D eigenvalue weighted by atomic mass is 16.5. The van der Waals surface area contributed by atoms with Gasteiger partial charge in [0.15, 0.2) is 0 Å². The second kappa shape index (κ2) is 6.22. The van der Waals surface area contributed by atoms with E-state index in [9.17, 15) is 9.90 Å². The van der Waals surface area contributed by atoms with Gasteiger partial charge in [0.05, 0.1) is 12.7 Å². The molecule has 0 spiro atoms. The maximum absolute atomic E-state index is 11.5. The minimum Gasteiger partial charge on any atom is -0.494 e. The smallest absolute Gasteiger partial charge is 0.243 e. The van der Waals surface area contributed by atoms with Crippen LogP contribution in [0.25, 0.3) is 0 Å². The van der Waals surface area contributed by atoms with Crippen molar-refractivity contribution < 1.29 is 14.6 Å². The number of hydrogen-bond donors (Lipinski definition) is 3. The van der Waals surface area contributed by atoms with E-state index in [1.54, 1.807) is 24.3 Å². The second-order valence-electron chi connectivity index (χ2n) is 3.71. The van der Waals surface area contributed by atoms with Crippen LogP contribution in [0.5, 0.6) is 5.75 Å². The van der Waals surface area contributed by atoms with Gasteiger partial charge in [0.25, 0.3) is 0 Å². The van der Waals surface area contributed by atoms with Crippen molar-refractivity contribution in [3.05, 3.63) is 24.3 Å². The molecule has 1 aromatic rings. The molecule has 5 nitrogen and oxygen atoms in total. The molecule has 0 saturated carbocycles. The van der Waals surface area contributed by atoms with E-state index in [-0.39, 0.29) is 0 Å². The Morgan fingerprint density at radius 1 is 1.47 bits per heavy atom. The number of ether oxygens (including phenoxy) is 1. The molecule has 0 unspecified atom stereocenters. The normalized spacial score (nSPS) is 13.9. The van der Waals surface area contributed by atoms with Gasteiger partial charge in [-0.15, -0.1) is 0 Å². The minimum atomic E-state index is -0.929. The highest BCUT2D eigenvalue weighted by molar-refractivity contribution is 5.95. The first-order chi connectivity index (χ1) is 8.04. The number of amides is 1. The molecule has 1 amide bonds. The number of benzene rings is 1. The summed E-state index contributed by atoms with van der Waals surface area (Å²) in [4.78, 5) is 11.5. The molecule has 0 radical (unpaired) electrons. The fourth-order valence-electron chi connectivity index (χ4n) is 1.25. The van der Waals surface area contributed by atoms with E-state index >= 15 is 0 Å². The molecule has 94 valence electrons. The second-order valence-corrected chi connectivity index (χ2v) is 3.71. The Balaban J connectivity index is 2.60. The van der Waals surface area contributed by atoms with Gasteiger partial charge in [0.1, 0.15) is 11.8 Å². The number of carbonyl (C=O) groups is 1. The quantitative estimate of drug-likeness (QED) is 0.706. The van der Waals surface area contributed by atoms with Crippen LogP contribution in [0, 0.1) is 0 Å². The first kappa shape index (κ1) is 13.5. The van der Waals surface area contributed by atoms with Crippen molar-refractivity contribution >= 4 is 11.6 Å². The molecular weight excluding hydrogens is 220 g/mol. The Labute approximate surface area is 101 Å². The summed E-state index contributed by atoms with van der Waals surface area (Å²) < 4.78 is 5.27. The maximum atomic E-state index is 11.5. The van der Waals surface area contributed by atoms with Crippen LogP contribution >= 0.6 is 0 Å². The summed E-state index contributed by atoms with van der Waals surface area (Å²) >= 11 is 0.